The van der Waals surface area contributed by atoms with Crippen LogP contribution >= 0.6 is 0 Å². The number of ketones is 2. The number of nitrogens with zero attached hydrogens (tertiary/aromatic N) is 3. The molecule has 34 heteroatoms. The van der Waals surface area contributed by atoms with E-state index >= 15 is 0 Å². The minimum absolute atomic E-state index is 0.00203. The third-order valence-corrected chi connectivity index (χ3v) is 26.1. The molecule has 2 bridgehead atoms. The van der Waals surface area contributed by atoms with Crippen molar-refractivity contribution in [3.63, 3.8) is 0 Å². The Bertz CT molecular complexity index is 4250. The number of benzene rings is 2. The maximum Gasteiger partial charge on any atom is 0.407 e. The van der Waals surface area contributed by atoms with Crippen LogP contribution in [-0.4, -0.2) is 306 Å². The van der Waals surface area contributed by atoms with Crippen LogP contribution < -0.4 is 21.1 Å². The first-order chi connectivity index (χ1) is 61.9. The number of piperidine rings is 1. The third kappa shape index (κ3) is 34.2. The van der Waals surface area contributed by atoms with Gasteiger partial charge in [-0.2, -0.15) is 0 Å². The number of sulfone groups is 1. The van der Waals surface area contributed by atoms with Crippen molar-refractivity contribution in [2.24, 2.45) is 35.5 Å². The van der Waals surface area contributed by atoms with Gasteiger partial charge in [-0.25, -0.2) is 23.0 Å². The number of aliphatic hydroxyl groups excluding tert-OH is 2. The lowest BCUT2D eigenvalue weighted by molar-refractivity contribution is -0.265. The first-order valence-electron chi connectivity index (χ1n) is 45.5. The minimum atomic E-state index is -3.79. The van der Waals surface area contributed by atoms with E-state index in [0.29, 0.717) is 185 Å². The molecule has 0 spiro atoms. The number of ether oxygens (including phenoxy) is 15. The average molecular weight is 1830 g/mol. The number of aryl methyl sites for hydroxylation is 1. The molecule has 129 heavy (non-hydrogen) atoms. The molecule has 33 nitrogen and oxygen atoms in total. The van der Waals surface area contributed by atoms with Gasteiger partial charge in [0, 0.05) is 107 Å². The molecule has 5 unspecified atom stereocenters. The lowest BCUT2D eigenvalue weighted by Crippen LogP contribution is -2.61. The van der Waals surface area contributed by atoms with Gasteiger partial charge in [0.15, 0.2) is 15.6 Å². The third-order valence-electron chi connectivity index (χ3n) is 24.4. The van der Waals surface area contributed by atoms with Crippen LogP contribution in [0, 0.1) is 42.4 Å². The molecular formula is C95H142N6O27S. The summed E-state index contributed by atoms with van der Waals surface area (Å²) in [7, 11) is 0.722. The monoisotopic (exact) mass is 1830 g/mol. The number of rotatable bonds is 40. The fraction of sp³-hybridized carbons (Fsp3) is 0.663. The number of anilines is 1. The molecule has 1 saturated carbocycles. The first-order valence-corrected chi connectivity index (χ1v) is 47.2. The summed E-state index contributed by atoms with van der Waals surface area (Å²) < 4.78 is 113. The molecule has 1 aromatic heterocycles. The van der Waals surface area contributed by atoms with Gasteiger partial charge in [-0.15, -0.1) is 0 Å². The van der Waals surface area contributed by atoms with Crippen molar-refractivity contribution in [2.45, 2.75) is 211 Å². The predicted molar refractivity (Wildman–Crippen MR) is 480 cm³/mol. The van der Waals surface area contributed by atoms with E-state index in [1.165, 1.54) is 30.2 Å². The van der Waals surface area contributed by atoms with Crippen LogP contribution in [0.5, 0.6) is 5.75 Å². The fourth-order valence-corrected chi connectivity index (χ4v) is 17.9. The SMILES string of the molecule is CO[C@H]1C[C@@H]2CC[C@@H](C)[C@@](O)(O2)C(=O)C(=O)N2CCCCC2C(=O)OC([C@H](C)C[C@@H]2CC[C@@H](OC(=O)NCCOCCOCCOCCOCCOCCOCCOCCOCCC(=O)NCCS(=O)(=O)c3ccc(C(=O)N4CCOc5ccc(-c6ccc(N)nc6)cc5C4)c(C)c3)[C@H](OC)C2)C[C@@H](O)C(C)/C=C(\C)[C@@H](O)[C@@H](OC)C(=O)C(C)CC(C)/C=C/C=C/C=C/1C. The second kappa shape index (κ2) is 55.5. The summed E-state index contributed by atoms with van der Waals surface area (Å²) in [5, 5.41) is 41.3. The molecule has 8 rings (SSSR count). The van der Waals surface area contributed by atoms with Gasteiger partial charge in [-0.05, 0) is 167 Å². The van der Waals surface area contributed by atoms with Crippen molar-refractivity contribution >= 4 is 57.0 Å². The summed E-state index contributed by atoms with van der Waals surface area (Å²) in [6.45, 7) is 20.7. The van der Waals surface area contributed by atoms with Gasteiger partial charge < -0.3 is 113 Å². The van der Waals surface area contributed by atoms with Crippen LogP contribution in [0.1, 0.15) is 153 Å². The summed E-state index contributed by atoms with van der Waals surface area (Å²) in [6, 6.07) is 12.6. The highest BCUT2D eigenvalue weighted by Gasteiger charge is 2.53. The highest BCUT2D eigenvalue weighted by molar-refractivity contribution is 7.91. The van der Waals surface area contributed by atoms with Crippen molar-refractivity contribution in [1.82, 2.24) is 25.4 Å². The number of Topliss-reactive ketones (excluding diaryl/α,β-unsaturated/α-hetero) is 2. The van der Waals surface area contributed by atoms with E-state index in [-0.39, 0.29) is 112 Å². The number of carbonyl (C=O) groups is 7. The standard InChI is InChI=1S/C95H142N6O27S/c1-63-17-13-12-14-18-64(2)82(114-9)59-75-24-20-70(8)95(111,128-75)90(106)92(108)101-33-16-15-19-78(101)93(109)126-83(60-79(102)66(4)54-69(7)88(105)89(116-11)87(104)68(6)53-63)67(5)55-71-21-27-81(84(57-71)115-10)127-94(110)98-31-36-118-39-41-120-43-45-122-47-49-124-51-50-123-48-46-121-44-42-119-40-38-117-35-30-86(103)97-32-52-129(112,113)76-25-26-77(65(3)56-76)91(107)100-34-37-125-80-28-22-72(58-74(80)62-100)73-23-29-85(96)99-61-73/h12-14,17-18,22-23,25-26,28-29,54,56,58,61,63,66-68,70-71,75,78-79,81-84,88-89,102,105,111H,15-16,19-21,24,27,30-53,55,57,59-60,62H2,1-11H3,(H2,96,99)(H,97,103)(H,98,110)/b14-12+,17-13+,64-18+,69-54+/t63?,66?,67-,68?,70-,71+,75+,78?,79-,81-,82+,83?,84-,88-,89+,95-/m1/s1. The van der Waals surface area contributed by atoms with E-state index in [4.69, 9.17) is 76.8 Å². The Morgan fingerprint density at radius 2 is 1.33 bits per heavy atom. The Hall–Kier alpha value is -8.01. The fourth-order valence-electron chi connectivity index (χ4n) is 16.7. The van der Waals surface area contributed by atoms with Gasteiger partial charge in [0.25, 0.3) is 17.6 Å². The summed E-state index contributed by atoms with van der Waals surface area (Å²) in [6.07, 6.45) is 10.5. The molecule has 5 aliphatic rings. The van der Waals surface area contributed by atoms with Crippen molar-refractivity contribution < 1.29 is 128 Å². The van der Waals surface area contributed by atoms with Crippen LogP contribution in [0.25, 0.3) is 11.1 Å². The Morgan fingerprint density at radius 3 is 1.95 bits per heavy atom. The maximum atomic E-state index is 14.8. The van der Waals surface area contributed by atoms with Crippen LogP contribution in [0.15, 0.2) is 107 Å². The van der Waals surface area contributed by atoms with Crippen LogP contribution in [0.3, 0.4) is 0 Å². The molecule has 0 radical (unpaired) electrons. The second-order valence-corrected chi connectivity index (χ2v) is 36.4. The number of nitrogens with one attached hydrogen (secondary N) is 2. The number of esters is 1. The summed E-state index contributed by atoms with van der Waals surface area (Å²) in [5.41, 5.74) is 10.5. The van der Waals surface area contributed by atoms with Gasteiger partial charge in [-0.1, -0.05) is 77.1 Å². The number of pyridine rings is 1. The number of cyclic esters (lactones) is 1. The number of aliphatic hydroxyl groups is 3. The normalized spacial score (nSPS) is 27.3. The summed E-state index contributed by atoms with van der Waals surface area (Å²) in [5.74, 6) is -7.80. The average Bonchev–Trinajstić information content (AvgIpc) is 1.08. The van der Waals surface area contributed by atoms with Crippen LogP contribution in [0.4, 0.5) is 10.6 Å². The van der Waals surface area contributed by atoms with E-state index in [9.17, 15) is 57.3 Å². The number of nitrogens with two attached hydrogens (primary N) is 1. The first kappa shape index (κ1) is 106. The number of fused-ring (bicyclic) bond motifs is 4. The minimum Gasteiger partial charge on any atom is -0.491 e. The number of carbonyl (C=O) groups excluding carboxylic acids is 7. The van der Waals surface area contributed by atoms with E-state index < -0.39 is 118 Å². The number of methoxy groups -OCH3 is 3. The maximum absolute atomic E-state index is 14.8. The summed E-state index contributed by atoms with van der Waals surface area (Å²) >= 11 is 0. The zero-order valence-corrected chi connectivity index (χ0v) is 78.1. The van der Waals surface area contributed by atoms with Crippen LogP contribution in [0.2, 0.25) is 0 Å². The second-order valence-electron chi connectivity index (χ2n) is 34.3. The van der Waals surface area contributed by atoms with Gasteiger partial charge in [0.2, 0.25) is 11.7 Å². The smallest absolute Gasteiger partial charge is 0.407 e. The van der Waals surface area contributed by atoms with Gasteiger partial charge in [0.05, 0.1) is 147 Å². The van der Waals surface area contributed by atoms with Crippen LogP contribution in [-0.2, 0) is 107 Å². The summed E-state index contributed by atoms with van der Waals surface area (Å²) in [4.78, 5) is 104. The Balaban J connectivity index is 0.643. The number of alkyl carbamates (subject to hydrolysis) is 1. The number of amides is 4. The van der Waals surface area contributed by atoms with E-state index in [1.807, 2.05) is 82.3 Å². The number of hydrogen-bond acceptors (Lipinski definition) is 29. The molecule has 5 heterocycles. The molecule has 16 atom stereocenters. The van der Waals surface area contributed by atoms with Crippen molar-refractivity contribution in [1.29, 1.82) is 0 Å². The highest BCUT2D eigenvalue weighted by Crippen LogP contribution is 2.40. The molecule has 3 fully saturated rings. The van der Waals surface area contributed by atoms with Crippen molar-refractivity contribution in [3.05, 3.63) is 119 Å². The largest absolute Gasteiger partial charge is 0.491 e. The molecular weight excluding hydrogens is 1690 g/mol. The molecule has 2 saturated heterocycles. The number of nitrogen functional groups attached to an aromatic ring is 1. The Kier molecular flexibility index (Phi) is 45.7. The van der Waals surface area contributed by atoms with E-state index in [0.717, 1.165) is 22.3 Å². The van der Waals surface area contributed by atoms with Gasteiger partial charge in [-0.3, -0.25) is 24.0 Å². The highest BCUT2D eigenvalue weighted by atomic mass is 32.2. The molecule has 7 N–H and O–H groups in total. The number of hydrogen-bond donors (Lipinski definition) is 6. The zero-order valence-electron chi connectivity index (χ0n) is 77.2. The lowest BCUT2D eigenvalue weighted by atomic mass is 9.78. The van der Waals surface area contributed by atoms with Crippen molar-refractivity contribution in [3.8, 4) is 16.9 Å². The topological polar surface area (TPSA) is 422 Å². The van der Waals surface area contributed by atoms with Crippen molar-refractivity contribution in [2.75, 3.05) is 171 Å². The quantitative estimate of drug-likeness (QED) is 0.0134. The Labute approximate surface area is 760 Å². The molecule has 1 aliphatic carbocycles. The molecule has 4 aliphatic heterocycles. The molecule has 2 aromatic carbocycles. The molecule has 720 valence electrons. The lowest BCUT2D eigenvalue weighted by Gasteiger charge is -2.43. The Morgan fingerprint density at radius 1 is 0.674 bits per heavy atom. The zero-order chi connectivity index (χ0) is 93.4. The number of aromatic nitrogens is 1. The number of allylic oxidation sites excluding steroid dienone is 5. The van der Waals surface area contributed by atoms with E-state index in [2.05, 4.69) is 15.6 Å². The molecule has 3 aromatic rings. The van der Waals surface area contributed by atoms with Gasteiger partial charge >= 0.3 is 12.1 Å². The van der Waals surface area contributed by atoms with E-state index in [1.54, 1.807) is 65.2 Å². The molecule has 4 amide bonds. The predicted octanol–water partition coefficient (Wildman–Crippen LogP) is 8.81. The van der Waals surface area contributed by atoms with Gasteiger partial charge in [0.1, 0.15) is 48.6 Å².